The number of benzene rings is 5. The molecule has 0 radical (unpaired) electrons. The summed E-state index contributed by atoms with van der Waals surface area (Å²) in [6.07, 6.45) is 0. The molecule has 0 aliphatic heterocycles. The lowest BCUT2D eigenvalue weighted by molar-refractivity contribution is 0.100. The van der Waals surface area contributed by atoms with Crippen LogP contribution in [0.4, 0.5) is 5.69 Å². The Morgan fingerprint density at radius 2 is 0.883 bits per heavy atom. The summed E-state index contributed by atoms with van der Waals surface area (Å²) in [6, 6.07) is 21.6. The molecular weight excluding hydrogens is 820 g/mol. The van der Waals surface area contributed by atoms with Crippen molar-refractivity contribution < 1.29 is 65.6 Å². The standard InChI is InChI=1S/C42H39NO15P2/c1-24(44)34-14-10-30(48)19-39(34)55-59(56-40-20-31(50-5)11-15-35(40)25(2)45)53-23-28-8-9-29(43-49)18-38(28)54-60(57-41-21-32(51-6)12-16-36(41)26(3)46)58-42-22-33(52-7)13-17-37(42)27(4)47/h8-22,48H,23H2,1-7H3. The zero-order chi connectivity index (χ0) is 43.5. The maximum atomic E-state index is 12.7. The Balaban J connectivity index is 1.58. The summed E-state index contributed by atoms with van der Waals surface area (Å²) in [5.74, 6) is -0.717. The highest BCUT2D eigenvalue weighted by molar-refractivity contribution is 7.43. The minimum absolute atomic E-state index is 0.0139. The fourth-order valence-corrected chi connectivity index (χ4v) is 7.40. The predicted molar refractivity (Wildman–Crippen MR) is 221 cm³/mol. The Morgan fingerprint density at radius 1 is 0.500 bits per heavy atom. The molecule has 16 nitrogen and oxygen atoms in total. The van der Waals surface area contributed by atoms with E-state index < -0.39 is 17.2 Å². The number of nitrogens with zero attached hydrogens (tertiary/aromatic N) is 1. The van der Waals surface area contributed by atoms with Gasteiger partial charge in [-0.25, -0.2) is 0 Å². The van der Waals surface area contributed by atoms with E-state index in [1.165, 1.54) is 122 Å². The second kappa shape index (κ2) is 20.4. The molecular formula is C42H39NO15P2. The molecule has 1 N–H and O–H groups in total. The molecule has 5 aromatic rings. The average Bonchev–Trinajstić information content (AvgIpc) is 3.22. The van der Waals surface area contributed by atoms with Crippen LogP contribution in [0.25, 0.3) is 0 Å². The summed E-state index contributed by atoms with van der Waals surface area (Å²) in [7, 11) is -0.952. The highest BCUT2D eigenvalue weighted by atomic mass is 31.2. The van der Waals surface area contributed by atoms with Gasteiger partial charge >= 0.3 is 17.2 Å². The molecule has 1 unspecified atom stereocenters. The molecule has 18 heteroatoms. The SMILES string of the molecule is COc1ccc(C(C)=O)c(OP(OCc2ccc(N=O)cc2OP(Oc2cc(OC)ccc2C(C)=O)Oc2cc(OC)ccc2C(C)=O)Oc2cc(O)ccc2C(C)=O)c1. The summed E-state index contributed by atoms with van der Waals surface area (Å²) < 4.78 is 53.4. The van der Waals surface area contributed by atoms with Crippen molar-refractivity contribution in [2.24, 2.45) is 5.18 Å². The van der Waals surface area contributed by atoms with Crippen molar-refractivity contribution in [1.29, 1.82) is 0 Å². The molecule has 0 aliphatic carbocycles. The largest absolute Gasteiger partial charge is 0.530 e. The molecule has 0 bridgehead atoms. The second-order valence-corrected chi connectivity index (χ2v) is 14.6. The maximum absolute atomic E-state index is 12.7. The number of phenolic OH excluding ortho intramolecular Hbond substituents is 1. The number of hydrogen-bond donors (Lipinski definition) is 1. The van der Waals surface area contributed by atoms with Gasteiger partial charge in [-0.1, -0.05) is 6.07 Å². The van der Waals surface area contributed by atoms with Crippen molar-refractivity contribution >= 4 is 46.0 Å². The first-order valence-electron chi connectivity index (χ1n) is 17.7. The van der Waals surface area contributed by atoms with Gasteiger partial charge in [0.15, 0.2) is 23.1 Å². The summed E-state index contributed by atoms with van der Waals surface area (Å²) >= 11 is 0. The Bertz CT molecular complexity index is 2350. The van der Waals surface area contributed by atoms with Gasteiger partial charge in [0.25, 0.3) is 0 Å². The van der Waals surface area contributed by atoms with Gasteiger partial charge < -0.3 is 41.9 Å². The van der Waals surface area contributed by atoms with Gasteiger partial charge in [0, 0.05) is 35.9 Å². The molecule has 0 spiro atoms. The fraction of sp³-hybridized carbons (Fsp3) is 0.190. The Kier molecular flexibility index (Phi) is 15.1. The average molecular weight is 860 g/mol. The fourth-order valence-electron chi connectivity index (χ4n) is 5.32. The van der Waals surface area contributed by atoms with Gasteiger partial charge in [-0.15, -0.1) is 4.91 Å². The molecule has 1 atom stereocenters. The van der Waals surface area contributed by atoms with E-state index in [0.717, 1.165) is 0 Å². The van der Waals surface area contributed by atoms with Crippen molar-refractivity contribution in [3.63, 3.8) is 0 Å². The van der Waals surface area contributed by atoms with Crippen molar-refractivity contribution in [3.05, 3.63) is 124 Å². The topological polar surface area (TPSA) is 201 Å². The van der Waals surface area contributed by atoms with Crippen LogP contribution in [0.15, 0.2) is 96.2 Å². The number of Topliss-reactive ketones (excluding diaryl/α,β-unsaturated/α-hetero) is 4. The van der Waals surface area contributed by atoms with Gasteiger partial charge in [0.2, 0.25) is 0 Å². The minimum Gasteiger partial charge on any atom is -0.508 e. The van der Waals surface area contributed by atoms with Gasteiger partial charge in [0.1, 0.15) is 57.4 Å². The normalized spacial score (nSPS) is 11.2. The Hall–Kier alpha value is -6.60. The van der Waals surface area contributed by atoms with Gasteiger partial charge in [-0.3, -0.25) is 23.7 Å². The van der Waals surface area contributed by atoms with E-state index >= 15 is 0 Å². The second-order valence-electron chi connectivity index (χ2n) is 12.6. The zero-order valence-electron chi connectivity index (χ0n) is 33.4. The van der Waals surface area contributed by atoms with Crippen LogP contribution in [0.2, 0.25) is 0 Å². The van der Waals surface area contributed by atoms with Crippen LogP contribution in [0.3, 0.4) is 0 Å². The molecule has 5 rings (SSSR count). The third-order valence-electron chi connectivity index (χ3n) is 8.39. The molecule has 60 heavy (non-hydrogen) atoms. The van der Waals surface area contributed by atoms with E-state index in [1.54, 1.807) is 18.2 Å². The van der Waals surface area contributed by atoms with Crippen LogP contribution >= 0.6 is 17.2 Å². The third-order valence-corrected chi connectivity index (χ3v) is 10.5. The van der Waals surface area contributed by atoms with Gasteiger partial charge in [-0.05, 0) is 87.5 Å². The van der Waals surface area contributed by atoms with Crippen LogP contribution < -0.4 is 36.8 Å². The number of hydrogen-bond acceptors (Lipinski definition) is 16. The Labute approximate surface area is 347 Å². The third kappa shape index (κ3) is 11.3. The number of ether oxygens (including phenoxy) is 3. The molecule has 0 saturated heterocycles. The number of carbonyl (C=O) groups excluding carboxylic acids is 4. The van der Waals surface area contributed by atoms with E-state index in [0.29, 0.717) is 17.2 Å². The number of phenols is 1. The molecule has 312 valence electrons. The van der Waals surface area contributed by atoms with Crippen LogP contribution in [0, 0.1) is 4.91 Å². The highest BCUT2D eigenvalue weighted by Crippen LogP contribution is 2.49. The Morgan fingerprint density at radius 3 is 1.28 bits per heavy atom. The highest BCUT2D eigenvalue weighted by Gasteiger charge is 2.29. The van der Waals surface area contributed by atoms with Gasteiger partial charge in [-0.2, -0.15) is 0 Å². The lowest BCUT2D eigenvalue weighted by Gasteiger charge is -2.23. The van der Waals surface area contributed by atoms with E-state index in [-0.39, 0.29) is 97.7 Å². The first kappa shape index (κ1) is 44.5. The molecule has 0 fully saturated rings. The lowest BCUT2D eigenvalue weighted by atomic mass is 10.1. The van der Waals surface area contributed by atoms with Crippen LogP contribution in [0.1, 0.15) is 74.7 Å². The molecule has 0 amide bonds. The number of methoxy groups -OCH3 is 3. The molecule has 0 heterocycles. The van der Waals surface area contributed by atoms with Crippen LogP contribution in [-0.4, -0.2) is 49.6 Å². The number of aromatic hydroxyl groups is 1. The number of ketones is 4. The number of carbonyl (C=O) groups is 4. The van der Waals surface area contributed by atoms with Crippen molar-refractivity contribution in [3.8, 4) is 51.7 Å². The predicted octanol–water partition coefficient (Wildman–Crippen LogP) is 10.3. The molecule has 0 saturated carbocycles. The monoisotopic (exact) mass is 859 g/mol. The number of nitroso groups, excluding NO2 is 1. The minimum atomic E-state index is -2.67. The van der Waals surface area contributed by atoms with E-state index in [2.05, 4.69) is 5.18 Å². The zero-order valence-corrected chi connectivity index (χ0v) is 35.2. The van der Waals surface area contributed by atoms with E-state index in [9.17, 15) is 29.2 Å². The first-order valence-corrected chi connectivity index (χ1v) is 19.9. The van der Waals surface area contributed by atoms with Crippen LogP contribution in [0.5, 0.6) is 51.7 Å². The van der Waals surface area contributed by atoms with Crippen molar-refractivity contribution in [2.45, 2.75) is 34.3 Å². The van der Waals surface area contributed by atoms with E-state index in [4.69, 9.17) is 41.4 Å². The molecule has 5 aromatic carbocycles. The summed E-state index contributed by atoms with van der Waals surface area (Å²) in [5.41, 5.74) is 0.743. The van der Waals surface area contributed by atoms with Crippen molar-refractivity contribution in [1.82, 2.24) is 0 Å². The first-order chi connectivity index (χ1) is 28.7. The number of rotatable bonds is 21. The maximum Gasteiger partial charge on any atom is 0.530 e. The summed E-state index contributed by atoms with van der Waals surface area (Å²) in [4.78, 5) is 62.4. The van der Waals surface area contributed by atoms with E-state index in [1.807, 2.05) is 0 Å². The molecule has 0 aliphatic rings. The summed E-state index contributed by atoms with van der Waals surface area (Å²) in [5, 5.41) is 13.3. The lowest BCUT2D eigenvalue weighted by Crippen LogP contribution is -2.09. The summed E-state index contributed by atoms with van der Waals surface area (Å²) in [6.45, 7) is 4.95. The smallest absolute Gasteiger partial charge is 0.508 e. The van der Waals surface area contributed by atoms with Gasteiger partial charge in [0.05, 0.1) is 50.2 Å². The van der Waals surface area contributed by atoms with Crippen LogP contribution in [-0.2, 0) is 11.1 Å². The van der Waals surface area contributed by atoms with Crippen molar-refractivity contribution in [2.75, 3.05) is 21.3 Å². The quantitative estimate of drug-likeness (QED) is 0.0414. The molecule has 0 aromatic heterocycles.